The third-order valence-corrected chi connectivity index (χ3v) is 7.42. The number of hydrogen-bond donors (Lipinski definition) is 1. The third kappa shape index (κ3) is 4.55. The number of nitrogens with one attached hydrogen (secondary N) is 1. The Bertz CT molecular complexity index is 1020. The zero-order valence-corrected chi connectivity index (χ0v) is 16.3. The van der Waals surface area contributed by atoms with E-state index in [1.807, 2.05) is 0 Å². The predicted octanol–water partition coefficient (Wildman–Crippen LogP) is 4.49. The second-order valence-electron chi connectivity index (χ2n) is 5.72. The highest BCUT2D eigenvalue weighted by Crippen LogP contribution is 2.31. The summed E-state index contributed by atoms with van der Waals surface area (Å²) >= 11 is 7.10. The zero-order chi connectivity index (χ0) is 19.4. The summed E-state index contributed by atoms with van der Waals surface area (Å²) in [5, 5.41) is 3.96. The highest BCUT2D eigenvalue weighted by atomic mass is 35.5. The number of benzene rings is 2. The maximum atomic E-state index is 13.2. The number of sulfone groups is 1. The largest absolute Gasteiger partial charge is 0.350 e. The normalized spacial score (nSPS) is 12.5. The van der Waals surface area contributed by atoms with Gasteiger partial charge in [0, 0.05) is 22.0 Å². The van der Waals surface area contributed by atoms with Crippen molar-refractivity contribution >= 4 is 38.7 Å². The Morgan fingerprint density at radius 1 is 1.07 bits per heavy atom. The number of carbonyl (C=O) groups excluding carboxylic acids is 1. The highest BCUT2D eigenvalue weighted by molar-refractivity contribution is 7.91. The Hall–Kier alpha value is -2.22. The molecule has 0 aliphatic heterocycles. The molecule has 8 heteroatoms. The van der Waals surface area contributed by atoms with Crippen LogP contribution < -0.4 is 5.32 Å². The lowest BCUT2D eigenvalue weighted by Crippen LogP contribution is -2.31. The summed E-state index contributed by atoms with van der Waals surface area (Å²) in [6.07, 6.45) is 0. The van der Waals surface area contributed by atoms with Crippen LogP contribution in [0.15, 0.2) is 70.9 Å². The Labute approximate surface area is 165 Å². The molecular formula is C19H15ClFNO3S2. The van der Waals surface area contributed by atoms with Crippen LogP contribution in [0.1, 0.15) is 20.5 Å². The van der Waals surface area contributed by atoms with Crippen LogP contribution in [0.25, 0.3) is 0 Å². The van der Waals surface area contributed by atoms with E-state index in [4.69, 9.17) is 11.6 Å². The van der Waals surface area contributed by atoms with Crippen molar-refractivity contribution in [1.29, 1.82) is 0 Å². The van der Waals surface area contributed by atoms with Crippen molar-refractivity contribution in [2.45, 2.75) is 10.1 Å². The van der Waals surface area contributed by atoms with Gasteiger partial charge in [0.1, 0.15) is 11.1 Å². The van der Waals surface area contributed by atoms with Crippen LogP contribution in [0.2, 0.25) is 5.02 Å². The Kier molecular flexibility index (Phi) is 5.94. The predicted molar refractivity (Wildman–Crippen MR) is 104 cm³/mol. The molecule has 0 saturated carbocycles. The van der Waals surface area contributed by atoms with Crippen molar-refractivity contribution in [3.05, 3.63) is 87.3 Å². The van der Waals surface area contributed by atoms with Crippen LogP contribution in [0, 0.1) is 5.82 Å². The molecule has 1 heterocycles. The first-order valence-electron chi connectivity index (χ1n) is 7.94. The van der Waals surface area contributed by atoms with Crippen LogP contribution in [-0.2, 0) is 9.84 Å². The van der Waals surface area contributed by atoms with Crippen molar-refractivity contribution in [2.75, 3.05) is 6.54 Å². The summed E-state index contributed by atoms with van der Waals surface area (Å²) in [4.78, 5) is 12.9. The highest BCUT2D eigenvalue weighted by Gasteiger charge is 2.30. The van der Waals surface area contributed by atoms with Gasteiger partial charge >= 0.3 is 0 Å². The first-order chi connectivity index (χ1) is 12.9. The van der Waals surface area contributed by atoms with E-state index in [1.165, 1.54) is 23.5 Å². The SMILES string of the molecule is O=C(NCC(c1cccs1)S(=O)(=O)c1ccc(F)cc1)c1ccc(Cl)cc1. The molecule has 1 atom stereocenters. The lowest BCUT2D eigenvalue weighted by atomic mass is 10.2. The molecule has 2 aromatic carbocycles. The molecule has 27 heavy (non-hydrogen) atoms. The van der Waals surface area contributed by atoms with Crippen LogP contribution in [0.3, 0.4) is 0 Å². The monoisotopic (exact) mass is 423 g/mol. The number of rotatable bonds is 6. The second kappa shape index (κ2) is 8.21. The Morgan fingerprint density at radius 3 is 2.33 bits per heavy atom. The molecule has 0 radical (unpaired) electrons. The van der Waals surface area contributed by atoms with E-state index in [-0.39, 0.29) is 11.4 Å². The van der Waals surface area contributed by atoms with Gasteiger partial charge in [-0.2, -0.15) is 0 Å². The molecule has 4 nitrogen and oxygen atoms in total. The van der Waals surface area contributed by atoms with E-state index in [9.17, 15) is 17.6 Å². The molecule has 0 saturated heterocycles. The first kappa shape index (κ1) is 19.5. The quantitative estimate of drug-likeness (QED) is 0.594. The van der Waals surface area contributed by atoms with Gasteiger partial charge in [0.05, 0.1) is 4.90 Å². The lowest BCUT2D eigenvalue weighted by Gasteiger charge is -2.17. The molecule has 3 rings (SSSR count). The molecule has 1 unspecified atom stereocenters. The van der Waals surface area contributed by atoms with Crippen molar-refractivity contribution < 1.29 is 17.6 Å². The zero-order valence-electron chi connectivity index (χ0n) is 13.9. The van der Waals surface area contributed by atoms with Gasteiger partial charge < -0.3 is 5.32 Å². The average Bonchev–Trinajstić information content (AvgIpc) is 3.16. The van der Waals surface area contributed by atoms with Crippen LogP contribution in [-0.4, -0.2) is 20.9 Å². The Morgan fingerprint density at radius 2 is 1.74 bits per heavy atom. The molecule has 0 aliphatic carbocycles. The summed E-state index contributed by atoms with van der Waals surface area (Å²) < 4.78 is 39.3. The fourth-order valence-corrected chi connectivity index (χ4v) is 5.43. The first-order valence-corrected chi connectivity index (χ1v) is 10.7. The van der Waals surface area contributed by atoms with Crippen LogP contribution in [0.4, 0.5) is 4.39 Å². The van der Waals surface area contributed by atoms with Crippen molar-refractivity contribution in [3.8, 4) is 0 Å². The molecule has 0 fully saturated rings. The molecular weight excluding hydrogens is 409 g/mol. The van der Waals surface area contributed by atoms with Crippen LogP contribution >= 0.6 is 22.9 Å². The molecule has 140 valence electrons. The Balaban J connectivity index is 1.85. The van der Waals surface area contributed by atoms with E-state index in [0.29, 0.717) is 15.5 Å². The molecule has 1 aromatic heterocycles. The minimum atomic E-state index is -3.82. The van der Waals surface area contributed by atoms with Gasteiger partial charge in [-0.15, -0.1) is 11.3 Å². The molecule has 0 bridgehead atoms. The number of carbonyl (C=O) groups is 1. The molecule has 3 aromatic rings. The summed E-state index contributed by atoms with van der Waals surface area (Å²) in [6.45, 7) is -0.109. The molecule has 1 amide bonds. The van der Waals surface area contributed by atoms with Gasteiger partial charge in [-0.3, -0.25) is 4.79 Å². The second-order valence-corrected chi connectivity index (χ2v) is 9.27. The topological polar surface area (TPSA) is 63.2 Å². The maximum Gasteiger partial charge on any atom is 0.251 e. The van der Waals surface area contributed by atoms with E-state index in [1.54, 1.807) is 41.8 Å². The van der Waals surface area contributed by atoms with Crippen molar-refractivity contribution in [1.82, 2.24) is 5.32 Å². The third-order valence-electron chi connectivity index (χ3n) is 3.93. The van der Waals surface area contributed by atoms with Gasteiger partial charge in [-0.05, 0) is 60.0 Å². The maximum absolute atomic E-state index is 13.2. The van der Waals surface area contributed by atoms with E-state index in [0.717, 1.165) is 12.1 Å². The van der Waals surface area contributed by atoms with E-state index in [2.05, 4.69) is 5.32 Å². The molecule has 1 N–H and O–H groups in total. The summed E-state index contributed by atoms with van der Waals surface area (Å²) in [5.41, 5.74) is 0.378. The summed E-state index contributed by atoms with van der Waals surface area (Å²) in [7, 11) is -3.82. The summed E-state index contributed by atoms with van der Waals surface area (Å²) in [5.74, 6) is -0.916. The lowest BCUT2D eigenvalue weighted by molar-refractivity contribution is 0.0954. The van der Waals surface area contributed by atoms with Gasteiger partial charge in [0.25, 0.3) is 5.91 Å². The smallest absolute Gasteiger partial charge is 0.251 e. The van der Waals surface area contributed by atoms with Gasteiger partial charge in [-0.1, -0.05) is 17.7 Å². The molecule has 0 spiro atoms. The standard InChI is InChI=1S/C19H15ClFNO3S2/c20-14-5-3-13(4-6-14)19(23)22-12-18(17-2-1-11-26-17)27(24,25)16-9-7-15(21)8-10-16/h1-11,18H,12H2,(H,22,23). The fraction of sp³-hybridized carbons (Fsp3) is 0.105. The number of thiophene rings is 1. The number of amides is 1. The van der Waals surface area contributed by atoms with Gasteiger partial charge in [0.15, 0.2) is 9.84 Å². The van der Waals surface area contributed by atoms with Crippen molar-refractivity contribution in [2.24, 2.45) is 0 Å². The summed E-state index contributed by atoms with van der Waals surface area (Å²) in [6, 6.07) is 14.4. The molecule has 0 aliphatic rings. The van der Waals surface area contributed by atoms with E-state index >= 15 is 0 Å². The minimum Gasteiger partial charge on any atom is -0.350 e. The van der Waals surface area contributed by atoms with Crippen molar-refractivity contribution in [3.63, 3.8) is 0 Å². The van der Waals surface area contributed by atoms with Crippen LogP contribution in [0.5, 0.6) is 0 Å². The van der Waals surface area contributed by atoms with E-state index < -0.39 is 26.8 Å². The minimum absolute atomic E-state index is 0.00282. The number of halogens is 2. The average molecular weight is 424 g/mol. The van der Waals surface area contributed by atoms with Gasteiger partial charge in [-0.25, -0.2) is 12.8 Å². The number of hydrogen-bond acceptors (Lipinski definition) is 4. The van der Waals surface area contributed by atoms with Gasteiger partial charge in [0.2, 0.25) is 0 Å². The fourth-order valence-electron chi connectivity index (χ4n) is 2.51.